The van der Waals surface area contributed by atoms with E-state index in [4.69, 9.17) is 9.47 Å². The van der Waals surface area contributed by atoms with Gasteiger partial charge in [-0.05, 0) is 18.1 Å². The maximum absolute atomic E-state index is 12.0. The third-order valence-corrected chi connectivity index (χ3v) is 3.78. The van der Waals surface area contributed by atoms with Crippen molar-refractivity contribution in [2.24, 2.45) is 5.92 Å². The van der Waals surface area contributed by atoms with Gasteiger partial charge < -0.3 is 19.5 Å². The molecule has 20 heavy (non-hydrogen) atoms. The molecule has 5 nitrogen and oxygen atoms in total. The number of β-amino-alcohol motifs (C(OH)–C–C–N with tert-alkyl or cyclic N) is 1. The summed E-state index contributed by atoms with van der Waals surface area (Å²) in [6.07, 6.45) is 0. The van der Waals surface area contributed by atoms with Gasteiger partial charge in [0.05, 0.1) is 20.2 Å². The molecule has 1 fully saturated rings. The van der Waals surface area contributed by atoms with Crippen molar-refractivity contribution >= 4 is 5.91 Å². The second-order valence-corrected chi connectivity index (χ2v) is 5.45. The Morgan fingerprint density at radius 1 is 1.35 bits per heavy atom. The molecule has 1 aromatic carbocycles. The van der Waals surface area contributed by atoms with Gasteiger partial charge >= 0.3 is 0 Å². The molecular formula is C15H21NO4. The molecule has 1 saturated heterocycles. The first-order valence-corrected chi connectivity index (χ1v) is 6.72. The van der Waals surface area contributed by atoms with Gasteiger partial charge in [-0.2, -0.15) is 0 Å². The molecule has 1 amide bonds. The minimum absolute atomic E-state index is 0.0471. The lowest BCUT2D eigenvalue weighted by Crippen LogP contribution is -2.66. The van der Waals surface area contributed by atoms with Crippen LogP contribution in [0.1, 0.15) is 13.8 Å². The van der Waals surface area contributed by atoms with Crippen molar-refractivity contribution in [1.29, 1.82) is 0 Å². The Bertz CT molecular complexity index is 481. The first-order valence-electron chi connectivity index (χ1n) is 6.72. The number of rotatable bonds is 5. The number of amides is 1. The lowest BCUT2D eigenvalue weighted by molar-refractivity contribution is -0.165. The standard InChI is InChI=1S/C15H21NO4/c1-11(2)15(18)9-16(10-15)14(17)8-20-13-7-5-4-6-12(13)19-3/h4-7,11,18H,8-10H2,1-3H3. The number of methoxy groups -OCH3 is 1. The van der Waals surface area contributed by atoms with Gasteiger partial charge in [0.25, 0.3) is 5.91 Å². The van der Waals surface area contributed by atoms with Gasteiger partial charge in [0.15, 0.2) is 18.1 Å². The molecule has 0 aliphatic carbocycles. The molecule has 5 heteroatoms. The van der Waals surface area contributed by atoms with Gasteiger partial charge in [-0.25, -0.2) is 0 Å². The maximum atomic E-state index is 12.0. The highest BCUT2D eigenvalue weighted by Gasteiger charge is 2.45. The van der Waals surface area contributed by atoms with Crippen LogP contribution >= 0.6 is 0 Å². The lowest BCUT2D eigenvalue weighted by Gasteiger charge is -2.48. The predicted octanol–water partition coefficient (Wildman–Crippen LogP) is 1.30. The van der Waals surface area contributed by atoms with E-state index in [0.717, 1.165) is 0 Å². The normalized spacial score (nSPS) is 16.8. The predicted molar refractivity (Wildman–Crippen MR) is 74.9 cm³/mol. The molecular weight excluding hydrogens is 258 g/mol. The van der Waals surface area contributed by atoms with E-state index in [-0.39, 0.29) is 18.4 Å². The summed E-state index contributed by atoms with van der Waals surface area (Å²) >= 11 is 0. The fraction of sp³-hybridized carbons (Fsp3) is 0.533. The van der Waals surface area contributed by atoms with Crippen molar-refractivity contribution in [3.8, 4) is 11.5 Å². The monoisotopic (exact) mass is 279 g/mol. The number of carbonyl (C=O) groups is 1. The van der Waals surface area contributed by atoms with Crippen molar-refractivity contribution in [3.63, 3.8) is 0 Å². The molecule has 0 spiro atoms. The van der Waals surface area contributed by atoms with E-state index in [0.29, 0.717) is 24.6 Å². The third-order valence-electron chi connectivity index (χ3n) is 3.78. The zero-order chi connectivity index (χ0) is 14.8. The summed E-state index contributed by atoms with van der Waals surface area (Å²) in [6, 6.07) is 7.20. The molecule has 2 rings (SSSR count). The van der Waals surface area contributed by atoms with Gasteiger partial charge in [-0.15, -0.1) is 0 Å². The van der Waals surface area contributed by atoms with Crippen molar-refractivity contribution in [1.82, 2.24) is 4.90 Å². The SMILES string of the molecule is COc1ccccc1OCC(=O)N1CC(O)(C(C)C)C1. The Hall–Kier alpha value is -1.75. The average Bonchev–Trinajstić information content (AvgIpc) is 2.41. The number of likely N-dealkylation sites (tertiary alicyclic amines) is 1. The van der Waals surface area contributed by atoms with E-state index in [1.165, 1.54) is 0 Å². The first-order chi connectivity index (χ1) is 9.46. The van der Waals surface area contributed by atoms with Crippen LogP contribution in [-0.2, 0) is 4.79 Å². The van der Waals surface area contributed by atoms with Crippen LogP contribution in [0.2, 0.25) is 0 Å². The smallest absolute Gasteiger partial charge is 0.260 e. The second-order valence-electron chi connectivity index (χ2n) is 5.45. The number of para-hydroxylation sites is 2. The highest BCUT2D eigenvalue weighted by atomic mass is 16.5. The molecule has 1 aromatic rings. The largest absolute Gasteiger partial charge is 0.493 e. The number of benzene rings is 1. The van der Waals surface area contributed by atoms with Gasteiger partial charge in [0.2, 0.25) is 0 Å². The van der Waals surface area contributed by atoms with Gasteiger partial charge in [0, 0.05) is 0 Å². The quantitative estimate of drug-likeness (QED) is 0.882. The number of nitrogens with zero attached hydrogens (tertiary/aromatic N) is 1. The fourth-order valence-corrected chi connectivity index (χ4v) is 2.13. The maximum Gasteiger partial charge on any atom is 0.260 e. The summed E-state index contributed by atoms with van der Waals surface area (Å²) in [5.74, 6) is 1.16. The van der Waals surface area contributed by atoms with E-state index < -0.39 is 5.60 Å². The number of carbonyl (C=O) groups excluding carboxylic acids is 1. The Labute approximate surface area is 119 Å². The van der Waals surface area contributed by atoms with Crippen LogP contribution < -0.4 is 9.47 Å². The molecule has 0 unspecified atom stereocenters. The molecule has 110 valence electrons. The third kappa shape index (κ3) is 2.88. The van der Waals surface area contributed by atoms with Crippen molar-refractivity contribution in [2.75, 3.05) is 26.8 Å². The Morgan fingerprint density at radius 3 is 2.50 bits per heavy atom. The van der Waals surface area contributed by atoms with Gasteiger partial charge in [-0.3, -0.25) is 4.79 Å². The topological polar surface area (TPSA) is 59.0 Å². The fourth-order valence-electron chi connectivity index (χ4n) is 2.13. The molecule has 0 saturated carbocycles. The summed E-state index contributed by atoms with van der Waals surface area (Å²) in [5, 5.41) is 10.1. The van der Waals surface area contributed by atoms with Crippen LogP contribution in [0.3, 0.4) is 0 Å². The van der Waals surface area contributed by atoms with Gasteiger partial charge in [-0.1, -0.05) is 26.0 Å². The highest BCUT2D eigenvalue weighted by molar-refractivity contribution is 5.79. The van der Waals surface area contributed by atoms with Crippen molar-refractivity contribution < 1.29 is 19.4 Å². The van der Waals surface area contributed by atoms with Crippen LogP contribution in [0, 0.1) is 5.92 Å². The summed E-state index contributed by atoms with van der Waals surface area (Å²) in [6.45, 7) is 4.60. The van der Waals surface area contributed by atoms with Crippen LogP contribution in [0.15, 0.2) is 24.3 Å². The Balaban J connectivity index is 1.85. The minimum Gasteiger partial charge on any atom is -0.493 e. The molecule has 0 aromatic heterocycles. The summed E-state index contributed by atoms with van der Waals surface area (Å²) in [4.78, 5) is 13.6. The van der Waals surface area contributed by atoms with E-state index in [1.807, 2.05) is 26.0 Å². The molecule has 1 aliphatic rings. The zero-order valence-corrected chi connectivity index (χ0v) is 12.1. The molecule has 1 N–H and O–H groups in total. The molecule has 0 radical (unpaired) electrons. The van der Waals surface area contributed by atoms with Crippen molar-refractivity contribution in [3.05, 3.63) is 24.3 Å². The van der Waals surface area contributed by atoms with E-state index in [1.54, 1.807) is 24.1 Å². The summed E-state index contributed by atoms with van der Waals surface area (Å²) in [7, 11) is 1.56. The average molecular weight is 279 g/mol. The minimum atomic E-state index is -0.750. The molecule has 1 heterocycles. The summed E-state index contributed by atoms with van der Waals surface area (Å²) < 4.78 is 10.6. The van der Waals surface area contributed by atoms with E-state index in [9.17, 15) is 9.90 Å². The number of hydrogen-bond acceptors (Lipinski definition) is 4. The van der Waals surface area contributed by atoms with Crippen LogP contribution in [0.4, 0.5) is 0 Å². The van der Waals surface area contributed by atoms with Crippen LogP contribution in [0.5, 0.6) is 11.5 Å². The van der Waals surface area contributed by atoms with Gasteiger partial charge in [0.1, 0.15) is 5.60 Å². The second kappa shape index (κ2) is 5.71. The van der Waals surface area contributed by atoms with E-state index >= 15 is 0 Å². The summed E-state index contributed by atoms with van der Waals surface area (Å²) in [5.41, 5.74) is -0.750. The highest BCUT2D eigenvalue weighted by Crippen LogP contribution is 2.29. The number of aliphatic hydroxyl groups is 1. The lowest BCUT2D eigenvalue weighted by atomic mass is 9.83. The Morgan fingerprint density at radius 2 is 1.95 bits per heavy atom. The Kier molecular flexibility index (Phi) is 4.18. The molecule has 0 atom stereocenters. The van der Waals surface area contributed by atoms with Crippen LogP contribution in [-0.4, -0.2) is 48.3 Å². The number of hydrogen-bond donors (Lipinski definition) is 1. The number of ether oxygens (including phenoxy) is 2. The van der Waals surface area contributed by atoms with Crippen LogP contribution in [0.25, 0.3) is 0 Å². The van der Waals surface area contributed by atoms with Crippen molar-refractivity contribution in [2.45, 2.75) is 19.4 Å². The molecule has 0 bridgehead atoms. The zero-order valence-electron chi connectivity index (χ0n) is 12.1. The molecule has 1 aliphatic heterocycles. The first kappa shape index (κ1) is 14.7. The van der Waals surface area contributed by atoms with E-state index in [2.05, 4.69) is 0 Å².